The lowest BCUT2D eigenvalue weighted by Crippen LogP contribution is -3.00. The number of hydrogen-bond acceptors (Lipinski definition) is 1. The Balaban J connectivity index is 0.000000980. The SMILES string of the molecule is CCN1CCC[N+]2=C1CCCCC2.[Cl-]. The molecular weight excluding hydrogens is 196 g/mol. The summed E-state index contributed by atoms with van der Waals surface area (Å²) in [4.78, 5) is 2.58. The monoisotopic (exact) mass is 216 g/mol. The van der Waals surface area contributed by atoms with Crippen molar-refractivity contribution in [2.45, 2.75) is 39.0 Å². The molecule has 3 heteroatoms. The molecule has 0 aromatic rings. The lowest BCUT2D eigenvalue weighted by molar-refractivity contribution is -0.538. The Labute approximate surface area is 93.4 Å². The maximum Gasteiger partial charge on any atom is 0.246 e. The Morgan fingerprint density at radius 1 is 1.14 bits per heavy atom. The van der Waals surface area contributed by atoms with E-state index in [1.165, 1.54) is 58.3 Å². The standard InChI is InChI=1S/C11H21N2.ClH/c1-2-12-9-6-10-13-8-5-3-4-7-11(12)13;/h2-10H2,1H3;1H/q+1;/p-1. The number of halogens is 1. The zero-order valence-corrected chi connectivity index (χ0v) is 9.89. The third kappa shape index (κ3) is 2.41. The molecule has 0 N–H and O–H groups in total. The molecule has 2 nitrogen and oxygen atoms in total. The molecule has 0 atom stereocenters. The van der Waals surface area contributed by atoms with Gasteiger partial charge in [-0.1, -0.05) is 0 Å². The number of rotatable bonds is 1. The van der Waals surface area contributed by atoms with E-state index >= 15 is 0 Å². The summed E-state index contributed by atoms with van der Waals surface area (Å²) in [5.41, 5.74) is 0. The van der Waals surface area contributed by atoms with Gasteiger partial charge in [0.25, 0.3) is 0 Å². The van der Waals surface area contributed by atoms with Crippen LogP contribution in [-0.4, -0.2) is 41.5 Å². The summed E-state index contributed by atoms with van der Waals surface area (Å²) in [6.07, 6.45) is 6.92. The molecule has 0 radical (unpaired) electrons. The fourth-order valence-corrected chi connectivity index (χ4v) is 2.57. The minimum atomic E-state index is 0. The van der Waals surface area contributed by atoms with Gasteiger partial charge in [0.15, 0.2) is 0 Å². The average molecular weight is 217 g/mol. The van der Waals surface area contributed by atoms with Crippen LogP contribution in [0.5, 0.6) is 0 Å². The van der Waals surface area contributed by atoms with Gasteiger partial charge in [0.2, 0.25) is 5.84 Å². The van der Waals surface area contributed by atoms with Crippen molar-refractivity contribution >= 4 is 5.84 Å². The lowest BCUT2D eigenvalue weighted by Gasteiger charge is -2.25. The summed E-state index contributed by atoms with van der Waals surface area (Å²) in [6.45, 7) is 7.40. The summed E-state index contributed by atoms with van der Waals surface area (Å²) in [5.74, 6) is 1.64. The van der Waals surface area contributed by atoms with Crippen molar-refractivity contribution in [1.29, 1.82) is 0 Å². The van der Waals surface area contributed by atoms with Crippen LogP contribution in [0, 0.1) is 0 Å². The zero-order valence-electron chi connectivity index (χ0n) is 9.14. The van der Waals surface area contributed by atoms with E-state index in [2.05, 4.69) is 16.4 Å². The molecule has 0 saturated heterocycles. The van der Waals surface area contributed by atoms with Crippen molar-refractivity contribution in [1.82, 2.24) is 4.90 Å². The summed E-state index contributed by atoms with van der Waals surface area (Å²) < 4.78 is 2.62. The fraction of sp³-hybridized carbons (Fsp3) is 0.909. The van der Waals surface area contributed by atoms with E-state index in [1.807, 2.05) is 0 Å². The Morgan fingerprint density at radius 3 is 2.71 bits per heavy atom. The molecule has 0 saturated carbocycles. The zero-order chi connectivity index (χ0) is 9.10. The third-order valence-corrected chi connectivity index (χ3v) is 3.30. The molecule has 2 aliphatic heterocycles. The molecule has 2 rings (SSSR count). The van der Waals surface area contributed by atoms with Crippen molar-refractivity contribution in [3.63, 3.8) is 0 Å². The third-order valence-electron chi connectivity index (χ3n) is 3.30. The molecule has 2 heterocycles. The Kier molecular flexibility index (Phi) is 4.73. The van der Waals surface area contributed by atoms with E-state index in [9.17, 15) is 0 Å². The van der Waals surface area contributed by atoms with Gasteiger partial charge in [-0.2, -0.15) is 0 Å². The molecule has 0 amide bonds. The smallest absolute Gasteiger partial charge is 0.246 e. The van der Waals surface area contributed by atoms with Crippen molar-refractivity contribution in [2.75, 3.05) is 26.2 Å². The van der Waals surface area contributed by atoms with Gasteiger partial charge >= 0.3 is 0 Å². The van der Waals surface area contributed by atoms with E-state index in [0.717, 1.165) is 0 Å². The van der Waals surface area contributed by atoms with Gasteiger partial charge < -0.3 is 12.4 Å². The molecule has 0 bridgehead atoms. The summed E-state index contributed by atoms with van der Waals surface area (Å²) in [5, 5.41) is 0. The highest BCUT2D eigenvalue weighted by Gasteiger charge is 2.26. The minimum Gasteiger partial charge on any atom is -1.00 e. The Bertz CT molecular complexity index is 213. The van der Waals surface area contributed by atoms with E-state index in [1.54, 1.807) is 5.84 Å². The highest BCUT2D eigenvalue weighted by atomic mass is 35.5. The summed E-state index contributed by atoms with van der Waals surface area (Å²) in [7, 11) is 0. The normalized spacial score (nSPS) is 22.5. The maximum absolute atomic E-state index is 2.62. The Morgan fingerprint density at radius 2 is 1.93 bits per heavy atom. The van der Waals surface area contributed by atoms with Crippen molar-refractivity contribution in [2.24, 2.45) is 0 Å². The fourth-order valence-electron chi connectivity index (χ4n) is 2.57. The van der Waals surface area contributed by atoms with Gasteiger partial charge in [-0.25, -0.2) is 0 Å². The van der Waals surface area contributed by atoms with Gasteiger partial charge in [-0.3, -0.25) is 9.48 Å². The van der Waals surface area contributed by atoms with Gasteiger partial charge in [0, 0.05) is 12.8 Å². The van der Waals surface area contributed by atoms with Crippen LogP contribution in [-0.2, 0) is 0 Å². The number of nitrogens with zero attached hydrogens (tertiary/aromatic N) is 2. The lowest BCUT2D eigenvalue weighted by atomic mass is 10.2. The Hall–Kier alpha value is -0.240. The van der Waals surface area contributed by atoms with Gasteiger partial charge in [0.1, 0.15) is 0 Å². The first-order chi connectivity index (χ1) is 6.42. The molecule has 0 aromatic heterocycles. The molecule has 0 spiro atoms. The first-order valence-electron chi connectivity index (χ1n) is 5.77. The van der Waals surface area contributed by atoms with Crippen LogP contribution in [0.1, 0.15) is 39.0 Å². The molecule has 0 fully saturated rings. The first kappa shape index (κ1) is 11.8. The van der Waals surface area contributed by atoms with Gasteiger partial charge in [0.05, 0.1) is 26.2 Å². The summed E-state index contributed by atoms with van der Waals surface area (Å²) in [6, 6.07) is 0. The minimum absolute atomic E-state index is 0. The van der Waals surface area contributed by atoms with Crippen LogP contribution in [0.25, 0.3) is 0 Å². The second-order valence-electron chi connectivity index (χ2n) is 4.15. The highest BCUT2D eigenvalue weighted by molar-refractivity contribution is 5.77. The van der Waals surface area contributed by atoms with Crippen LogP contribution in [0.3, 0.4) is 0 Å². The van der Waals surface area contributed by atoms with Crippen molar-refractivity contribution in [3.8, 4) is 0 Å². The quantitative estimate of drug-likeness (QED) is 0.494. The van der Waals surface area contributed by atoms with Crippen molar-refractivity contribution in [3.05, 3.63) is 0 Å². The van der Waals surface area contributed by atoms with Crippen LogP contribution < -0.4 is 12.4 Å². The molecule has 0 aromatic carbocycles. The maximum atomic E-state index is 2.62. The van der Waals surface area contributed by atoms with E-state index in [4.69, 9.17) is 0 Å². The number of amidine groups is 1. The topological polar surface area (TPSA) is 6.25 Å². The predicted molar refractivity (Wildman–Crippen MR) is 55.3 cm³/mol. The van der Waals surface area contributed by atoms with Crippen LogP contribution in [0.15, 0.2) is 0 Å². The largest absolute Gasteiger partial charge is 1.00 e. The molecule has 2 aliphatic rings. The van der Waals surface area contributed by atoms with Crippen molar-refractivity contribution < 1.29 is 17.0 Å². The summed E-state index contributed by atoms with van der Waals surface area (Å²) >= 11 is 0. The van der Waals surface area contributed by atoms with Crippen LogP contribution in [0.2, 0.25) is 0 Å². The molecule has 82 valence electrons. The van der Waals surface area contributed by atoms with Crippen LogP contribution in [0.4, 0.5) is 0 Å². The van der Waals surface area contributed by atoms with E-state index in [-0.39, 0.29) is 12.4 Å². The predicted octanol–water partition coefficient (Wildman–Crippen LogP) is -1.30. The van der Waals surface area contributed by atoms with E-state index in [0.29, 0.717) is 0 Å². The van der Waals surface area contributed by atoms with Gasteiger partial charge in [-0.15, -0.1) is 0 Å². The molecular formula is C11H21ClN2. The molecule has 14 heavy (non-hydrogen) atoms. The average Bonchev–Trinajstić information content (AvgIpc) is 2.41. The second-order valence-corrected chi connectivity index (χ2v) is 4.15. The molecule has 0 unspecified atom stereocenters. The number of hydrogen-bond donors (Lipinski definition) is 0. The van der Waals surface area contributed by atoms with E-state index < -0.39 is 0 Å². The molecule has 0 aliphatic carbocycles. The van der Waals surface area contributed by atoms with Gasteiger partial charge in [-0.05, 0) is 26.2 Å². The van der Waals surface area contributed by atoms with Crippen LogP contribution >= 0.6 is 0 Å². The second kappa shape index (κ2) is 5.59. The first-order valence-corrected chi connectivity index (χ1v) is 5.77. The highest BCUT2D eigenvalue weighted by Crippen LogP contribution is 2.14.